The van der Waals surface area contributed by atoms with Crippen LogP contribution in [0.3, 0.4) is 0 Å². The van der Waals surface area contributed by atoms with Gasteiger partial charge in [-0.15, -0.1) is 0 Å². The van der Waals surface area contributed by atoms with Gasteiger partial charge in [-0.05, 0) is 18.8 Å². The first-order chi connectivity index (χ1) is 8.45. The number of hydrogen-bond acceptors (Lipinski definition) is 4. The number of ether oxygens (including phenoxy) is 1. The molecule has 0 aromatic rings. The normalized spacial score (nSPS) is 19.6. The largest absolute Gasteiger partial charge is 0.384 e. The summed E-state index contributed by atoms with van der Waals surface area (Å²) in [4.78, 5) is 0. The van der Waals surface area contributed by atoms with Gasteiger partial charge in [-0.25, -0.2) is 12.7 Å². The van der Waals surface area contributed by atoms with Crippen LogP contribution >= 0.6 is 0 Å². The molecule has 1 rings (SSSR count). The van der Waals surface area contributed by atoms with Crippen molar-refractivity contribution in [2.45, 2.75) is 32.7 Å². The molecule has 0 spiro atoms. The van der Waals surface area contributed by atoms with E-state index in [0.29, 0.717) is 31.6 Å². The first-order valence-corrected chi connectivity index (χ1v) is 8.26. The number of hydrogen-bond donors (Lipinski definition) is 1. The molecule has 1 saturated heterocycles. The standard InChI is InChI=1S/C12H26N2O3S/c1-11(2)13-6-9-18(15,16)14-7-4-12(5-8-14)10-17-3/h11-13H,4-10H2,1-3H3. The van der Waals surface area contributed by atoms with Crippen LogP contribution in [0.1, 0.15) is 26.7 Å². The minimum atomic E-state index is -3.09. The second-order valence-electron chi connectivity index (χ2n) is 5.22. The molecule has 1 heterocycles. The Kier molecular flexibility index (Phi) is 6.55. The lowest BCUT2D eigenvalue weighted by Gasteiger charge is -2.30. The second kappa shape index (κ2) is 7.43. The van der Waals surface area contributed by atoms with Gasteiger partial charge in [-0.3, -0.25) is 0 Å². The highest BCUT2D eigenvalue weighted by Crippen LogP contribution is 2.19. The van der Waals surface area contributed by atoms with E-state index in [0.717, 1.165) is 19.4 Å². The summed E-state index contributed by atoms with van der Waals surface area (Å²) < 4.78 is 30.9. The highest BCUT2D eigenvalue weighted by atomic mass is 32.2. The van der Waals surface area contributed by atoms with E-state index in [1.807, 2.05) is 13.8 Å². The fourth-order valence-corrected chi connectivity index (χ4v) is 3.60. The van der Waals surface area contributed by atoms with Crippen LogP contribution in [0, 0.1) is 5.92 Å². The van der Waals surface area contributed by atoms with Crippen LogP contribution in [-0.4, -0.2) is 57.9 Å². The third-order valence-electron chi connectivity index (χ3n) is 3.28. The summed E-state index contributed by atoms with van der Waals surface area (Å²) in [5.41, 5.74) is 0. The second-order valence-corrected chi connectivity index (χ2v) is 7.31. The first-order valence-electron chi connectivity index (χ1n) is 6.66. The fraction of sp³-hybridized carbons (Fsp3) is 1.00. The fourth-order valence-electron chi connectivity index (χ4n) is 2.20. The SMILES string of the molecule is COCC1CCN(S(=O)(=O)CCNC(C)C)CC1. The lowest BCUT2D eigenvalue weighted by atomic mass is 9.99. The Bertz CT molecular complexity index is 322. The molecule has 1 fully saturated rings. The molecule has 0 atom stereocenters. The highest BCUT2D eigenvalue weighted by Gasteiger charge is 2.27. The van der Waals surface area contributed by atoms with Crippen LogP contribution in [0.4, 0.5) is 0 Å². The van der Waals surface area contributed by atoms with Crippen LogP contribution in [0.2, 0.25) is 0 Å². The molecule has 18 heavy (non-hydrogen) atoms. The van der Waals surface area contributed by atoms with E-state index in [9.17, 15) is 8.42 Å². The molecule has 6 heteroatoms. The zero-order valence-corrected chi connectivity index (χ0v) is 12.5. The number of nitrogens with one attached hydrogen (secondary N) is 1. The van der Waals surface area contributed by atoms with Gasteiger partial charge in [0, 0.05) is 39.4 Å². The summed E-state index contributed by atoms with van der Waals surface area (Å²) in [5.74, 6) is 0.704. The Balaban J connectivity index is 2.36. The van der Waals surface area contributed by atoms with Crippen molar-refractivity contribution >= 4 is 10.0 Å². The minimum absolute atomic E-state index is 0.195. The van der Waals surface area contributed by atoms with Crippen molar-refractivity contribution in [2.75, 3.05) is 39.1 Å². The Morgan fingerprint density at radius 1 is 1.33 bits per heavy atom. The Labute approximate surface area is 111 Å². The minimum Gasteiger partial charge on any atom is -0.384 e. The summed E-state index contributed by atoms with van der Waals surface area (Å²) in [6.07, 6.45) is 1.81. The maximum Gasteiger partial charge on any atom is 0.215 e. The predicted molar refractivity (Wildman–Crippen MR) is 73.1 cm³/mol. The lowest BCUT2D eigenvalue weighted by Crippen LogP contribution is -2.42. The van der Waals surface area contributed by atoms with Crippen LogP contribution in [0.25, 0.3) is 0 Å². The molecule has 0 unspecified atom stereocenters. The third kappa shape index (κ3) is 5.22. The zero-order valence-electron chi connectivity index (χ0n) is 11.7. The molecule has 0 aliphatic carbocycles. The van der Waals surface area contributed by atoms with E-state index in [1.165, 1.54) is 0 Å². The molecule has 0 bridgehead atoms. The maximum atomic E-state index is 12.1. The van der Waals surface area contributed by atoms with Gasteiger partial charge in [0.1, 0.15) is 0 Å². The smallest absolute Gasteiger partial charge is 0.215 e. The molecule has 0 aromatic heterocycles. The average Bonchev–Trinajstić information content (AvgIpc) is 2.29. The van der Waals surface area contributed by atoms with Gasteiger partial charge in [-0.1, -0.05) is 13.8 Å². The summed E-state index contributed by atoms with van der Waals surface area (Å²) in [6, 6.07) is 0.327. The van der Waals surface area contributed by atoms with Gasteiger partial charge in [0.05, 0.1) is 5.75 Å². The Morgan fingerprint density at radius 3 is 2.44 bits per heavy atom. The van der Waals surface area contributed by atoms with Crippen molar-refractivity contribution in [1.82, 2.24) is 9.62 Å². The van der Waals surface area contributed by atoms with Crippen molar-refractivity contribution in [1.29, 1.82) is 0 Å². The molecular formula is C12H26N2O3S. The molecule has 0 amide bonds. The molecular weight excluding hydrogens is 252 g/mol. The van der Waals surface area contributed by atoms with Gasteiger partial charge < -0.3 is 10.1 Å². The molecule has 0 radical (unpaired) electrons. The summed E-state index contributed by atoms with van der Waals surface area (Å²) in [7, 11) is -1.39. The number of nitrogens with zero attached hydrogens (tertiary/aromatic N) is 1. The number of rotatable bonds is 7. The molecule has 108 valence electrons. The van der Waals surface area contributed by atoms with Crippen molar-refractivity contribution in [3.63, 3.8) is 0 Å². The van der Waals surface area contributed by atoms with Gasteiger partial charge in [0.2, 0.25) is 10.0 Å². The molecule has 1 N–H and O–H groups in total. The van der Waals surface area contributed by atoms with Crippen LogP contribution < -0.4 is 5.32 Å². The zero-order chi connectivity index (χ0) is 13.6. The van der Waals surface area contributed by atoms with E-state index < -0.39 is 10.0 Å². The monoisotopic (exact) mass is 278 g/mol. The van der Waals surface area contributed by atoms with E-state index in [-0.39, 0.29) is 5.75 Å². The molecule has 0 aromatic carbocycles. The maximum absolute atomic E-state index is 12.1. The van der Waals surface area contributed by atoms with Gasteiger partial charge in [0.15, 0.2) is 0 Å². The quantitative estimate of drug-likeness (QED) is 0.744. The predicted octanol–water partition coefficient (Wildman–Crippen LogP) is 0.673. The van der Waals surface area contributed by atoms with E-state index in [2.05, 4.69) is 5.32 Å². The Morgan fingerprint density at radius 2 is 1.94 bits per heavy atom. The summed E-state index contributed by atoms with van der Waals surface area (Å²) >= 11 is 0. The van der Waals surface area contributed by atoms with Crippen molar-refractivity contribution < 1.29 is 13.2 Å². The topological polar surface area (TPSA) is 58.6 Å². The van der Waals surface area contributed by atoms with E-state index >= 15 is 0 Å². The third-order valence-corrected chi connectivity index (χ3v) is 5.15. The van der Waals surface area contributed by atoms with E-state index in [1.54, 1.807) is 11.4 Å². The molecule has 0 saturated carbocycles. The van der Waals surface area contributed by atoms with E-state index in [4.69, 9.17) is 4.74 Å². The van der Waals surface area contributed by atoms with Crippen molar-refractivity contribution in [2.24, 2.45) is 5.92 Å². The van der Waals surface area contributed by atoms with Gasteiger partial charge >= 0.3 is 0 Å². The lowest BCUT2D eigenvalue weighted by molar-refractivity contribution is 0.121. The summed E-state index contributed by atoms with van der Waals surface area (Å²) in [6.45, 7) is 6.57. The summed E-state index contributed by atoms with van der Waals surface area (Å²) in [5, 5.41) is 3.14. The molecule has 1 aliphatic heterocycles. The van der Waals surface area contributed by atoms with Crippen molar-refractivity contribution in [3.8, 4) is 0 Å². The van der Waals surface area contributed by atoms with Crippen LogP contribution in [0.5, 0.6) is 0 Å². The molecule has 5 nitrogen and oxygen atoms in total. The number of methoxy groups -OCH3 is 1. The average molecular weight is 278 g/mol. The first kappa shape index (κ1) is 15.9. The highest BCUT2D eigenvalue weighted by molar-refractivity contribution is 7.89. The number of piperidine rings is 1. The number of sulfonamides is 1. The van der Waals surface area contributed by atoms with Gasteiger partial charge in [0.25, 0.3) is 0 Å². The van der Waals surface area contributed by atoms with Crippen molar-refractivity contribution in [3.05, 3.63) is 0 Å². The van der Waals surface area contributed by atoms with Crippen LogP contribution in [0.15, 0.2) is 0 Å². The molecule has 1 aliphatic rings. The van der Waals surface area contributed by atoms with Gasteiger partial charge in [-0.2, -0.15) is 0 Å². The Hall–Kier alpha value is -0.170. The van der Waals surface area contributed by atoms with Crippen LogP contribution in [-0.2, 0) is 14.8 Å².